The molecule has 0 saturated carbocycles. The summed E-state index contributed by atoms with van der Waals surface area (Å²) in [5.41, 5.74) is 5.33. The summed E-state index contributed by atoms with van der Waals surface area (Å²) < 4.78 is 12.2. The Balaban J connectivity index is 2.05. The van der Waals surface area contributed by atoms with Crippen molar-refractivity contribution >= 4 is 38.6 Å². The predicted octanol–water partition coefficient (Wildman–Crippen LogP) is 5.97. The molecule has 5 nitrogen and oxygen atoms in total. The maximum Gasteiger partial charge on any atom is 0.175 e. The molecule has 3 rings (SSSR count). The van der Waals surface area contributed by atoms with Gasteiger partial charge < -0.3 is 14.5 Å². The molecule has 1 aromatic heterocycles. The molecule has 0 aliphatic rings. The largest absolute Gasteiger partial charge is 0.490 e. The van der Waals surface area contributed by atoms with Gasteiger partial charge in [-0.25, -0.2) is 4.98 Å². The number of ether oxygens (including phenoxy) is 2. The molecule has 1 N–H and O–H groups in total. The van der Waals surface area contributed by atoms with Crippen LogP contribution in [-0.2, 0) is 0 Å². The summed E-state index contributed by atoms with van der Waals surface area (Å²) in [6.45, 7) is 10.6. The molecule has 2 aromatic carbocycles. The van der Waals surface area contributed by atoms with Crippen LogP contribution in [0.25, 0.3) is 22.7 Å². The number of hydrogen-bond acceptors (Lipinski definition) is 4. The third kappa shape index (κ3) is 4.52. The van der Waals surface area contributed by atoms with Gasteiger partial charge in [0.05, 0.1) is 27.7 Å². The third-order valence-corrected chi connectivity index (χ3v) is 5.05. The normalized spacial score (nSPS) is 11.3. The standard InChI is InChI=1S/C23H22BrN3O2/c1-5-7-29-22-18(24)11-16(12-21(22)28-6-2)10-17(13-25)23-26-19-8-14(3)15(4)9-20(19)27-23/h5,8-12H,1,6-7H2,2-4H3,(H,26,27)/b17-10+. The molecule has 0 unspecified atom stereocenters. The Hall–Kier alpha value is -3.04. The Morgan fingerprint density at radius 1 is 1.24 bits per heavy atom. The van der Waals surface area contributed by atoms with Crippen LogP contribution in [0.5, 0.6) is 11.5 Å². The number of allylic oxidation sites excluding steroid dienone is 1. The zero-order valence-electron chi connectivity index (χ0n) is 16.7. The lowest BCUT2D eigenvalue weighted by Gasteiger charge is -2.13. The number of H-pyrrole nitrogens is 1. The smallest absolute Gasteiger partial charge is 0.175 e. The maximum absolute atomic E-state index is 9.73. The average Bonchev–Trinajstić information content (AvgIpc) is 3.08. The summed E-state index contributed by atoms with van der Waals surface area (Å²) in [5.74, 6) is 1.74. The van der Waals surface area contributed by atoms with Crippen LogP contribution in [0.4, 0.5) is 0 Å². The van der Waals surface area contributed by atoms with Crippen molar-refractivity contribution in [3.8, 4) is 17.6 Å². The summed E-state index contributed by atoms with van der Waals surface area (Å²) >= 11 is 3.54. The van der Waals surface area contributed by atoms with Gasteiger partial charge >= 0.3 is 0 Å². The van der Waals surface area contributed by atoms with Crippen LogP contribution in [0, 0.1) is 25.2 Å². The minimum absolute atomic E-state index is 0.370. The lowest BCUT2D eigenvalue weighted by atomic mass is 10.1. The van der Waals surface area contributed by atoms with E-state index in [9.17, 15) is 5.26 Å². The fourth-order valence-corrected chi connectivity index (χ4v) is 3.51. The monoisotopic (exact) mass is 451 g/mol. The van der Waals surface area contributed by atoms with Gasteiger partial charge in [-0.15, -0.1) is 0 Å². The summed E-state index contributed by atoms with van der Waals surface area (Å²) in [6.07, 6.45) is 3.46. The van der Waals surface area contributed by atoms with E-state index in [1.807, 2.05) is 38.1 Å². The van der Waals surface area contributed by atoms with Crippen LogP contribution in [-0.4, -0.2) is 23.2 Å². The van der Waals surface area contributed by atoms with E-state index < -0.39 is 0 Å². The van der Waals surface area contributed by atoms with E-state index in [0.717, 1.165) is 21.1 Å². The summed E-state index contributed by atoms with van der Waals surface area (Å²) in [7, 11) is 0. The van der Waals surface area contributed by atoms with Crippen molar-refractivity contribution in [2.24, 2.45) is 0 Å². The van der Waals surface area contributed by atoms with Gasteiger partial charge in [0.1, 0.15) is 18.5 Å². The fourth-order valence-electron chi connectivity index (χ4n) is 2.93. The van der Waals surface area contributed by atoms with Gasteiger partial charge in [-0.2, -0.15) is 5.26 Å². The first kappa shape index (κ1) is 20.7. The van der Waals surface area contributed by atoms with E-state index in [0.29, 0.717) is 36.1 Å². The number of nitriles is 1. The number of hydrogen-bond donors (Lipinski definition) is 1. The molecular formula is C23H22BrN3O2. The van der Waals surface area contributed by atoms with E-state index in [-0.39, 0.29) is 0 Å². The van der Waals surface area contributed by atoms with Gasteiger partial charge in [0.2, 0.25) is 0 Å². The topological polar surface area (TPSA) is 70.9 Å². The lowest BCUT2D eigenvalue weighted by molar-refractivity contribution is 0.295. The minimum atomic E-state index is 0.370. The number of benzene rings is 2. The van der Waals surface area contributed by atoms with Gasteiger partial charge in [0, 0.05) is 0 Å². The van der Waals surface area contributed by atoms with Gasteiger partial charge in [-0.3, -0.25) is 0 Å². The summed E-state index contributed by atoms with van der Waals surface area (Å²) in [4.78, 5) is 7.84. The lowest BCUT2D eigenvalue weighted by Crippen LogP contribution is -2.00. The number of aryl methyl sites for hydroxylation is 2. The van der Waals surface area contributed by atoms with Crippen molar-refractivity contribution in [3.05, 3.63) is 63.9 Å². The molecule has 29 heavy (non-hydrogen) atoms. The zero-order chi connectivity index (χ0) is 21.0. The highest BCUT2D eigenvalue weighted by Gasteiger charge is 2.14. The highest BCUT2D eigenvalue weighted by Crippen LogP contribution is 2.38. The van der Waals surface area contributed by atoms with Gasteiger partial charge in [0.15, 0.2) is 11.5 Å². The summed E-state index contributed by atoms with van der Waals surface area (Å²) in [5, 5.41) is 9.73. The summed E-state index contributed by atoms with van der Waals surface area (Å²) in [6, 6.07) is 10.0. The highest BCUT2D eigenvalue weighted by atomic mass is 79.9. The number of aromatic nitrogens is 2. The molecule has 0 bridgehead atoms. The zero-order valence-corrected chi connectivity index (χ0v) is 18.3. The van der Waals surface area contributed by atoms with Crippen LogP contribution < -0.4 is 9.47 Å². The second kappa shape index (κ2) is 8.97. The molecule has 1 heterocycles. The van der Waals surface area contributed by atoms with E-state index in [1.165, 1.54) is 11.1 Å². The molecule has 0 saturated heterocycles. The van der Waals surface area contributed by atoms with Crippen molar-refractivity contribution in [1.29, 1.82) is 5.26 Å². The van der Waals surface area contributed by atoms with Crippen molar-refractivity contribution in [1.82, 2.24) is 9.97 Å². The Bertz CT molecular complexity index is 1100. The molecule has 0 atom stereocenters. The Morgan fingerprint density at radius 3 is 2.69 bits per heavy atom. The van der Waals surface area contributed by atoms with E-state index in [4.69, 9.17) is 9.47 Å². The van der Waals surface area contributed by atoms with E-state index in [1.54, 1.807) is 12.2 Å². The van der Waals surface area contributed by atoms with E-state index in [2.05, 4.69) is 45.5 Å². The first-order chi connectivity index (χ1) is 14.0. The average molecular weight is 452 g/mol. The number of nitrogens with one attached hydrogen (secondary N) is 1. The molecule has 6 heteroatoms. The molecule has 0 aliphatic heterocycles. The van der Waals surface area contributed by atoms with Crippen molar-refractivity contribution < 1.29 is 9.47 Å². The van der Waals surface area contributed by atoms with Gasteiger partial charge in [0.25, 0.3) is 0 Å². The van der Waals surface area contributed by atoms with Crippen molar-refractivity contribution in [2.75, 3.05) is 13.2 Å². The number of halogens is 1. The minimum Gasteiger partial charge on any atom is -0.490 e. The van der Waals surface area contributed by atoms with Crippen LogP contribution in [0.2, 0.25) is 0 Å². The predicted molar refractivity (Wildman–Crippen MR) is 120 cm³/mol. The molecular weight excluding hydrogens is 430 g/mol. The van der Waals surface area contributed by atoms with Crippen LogP contribution >= 0.6 is 15.9 Å². The van der Waals surface area contributed by atoms with E-state index >= 15 is 0 Å². The van der Waals surface area contributed by atoms with Crippen LogP contribution in [0.3, 0.4) is 0 Å². The highest BCUT2D eigenvalue weighted by molar-refractivity contribution is 9.10. The maximum atomic E-state index is 9.73. The molecule has 0 spiro atoms. The SMILES string of the molecule is C=CCOc1c(Br)cc(/C=C(\C#N)c2nc3cc(C)c(C)cc3[nH]2)cc1OCC. The molecule has 0 fully saturated rings. The molecule has 148 valence electrons. The number of nitrogens with zero attached hydrogens (tertiary/aromatic N) is 2. The number of imidazole rings is 1. The third-order valence-electron chi connectivity index (χ3n) is 4.46. The van der Waals surface area contributed by atoms with Crippen LogP contribution in [0.1, 0.15) is 29.4 Å². The van der Waals surface area contributed by atoms with Crippen molar-refractivity contribution in [3.63, 3.8) is 0 Å². The Morgan fingerprint density at radius 2 is 2.00 bits per heavy atom. The first-order valence-corrected chi connectivity index (χ1v) is 10.0. The van der Waals surface area contributed by atoms with Crippen molar-refractivity contribution in [2.45, 2.75) is 20.8 Å². The van der Waals surface area contributed by atoms with Gasteiger partial charge in [-0.05, 0) is 83.7 Å². The Labute approximate surface area is 178 Å². The van der Waals surface area contributed by atoms with Crippen LogP contribution in [0.15, 0.2) is 41.4 Å². The molecule has 0 aliphatic carbocycles. The first-order valence-electron chi connectivity index (χ1n) is 9.26. The second-order valence-electron chi connectivity index (χ2n) is 6.57. The molecule has 0 amide bonds. The quantitative estimate of drug-likeness (QED) is 0.354. The number of aromatic amines is 1. The number of fused-ring (bicyclic) bond motifs is 1. The second-order valence-corrected chi connectivity index (χ2v) is 7.43. The number of rotatable bonds is 7. The Kier molecular flexibility index (Phi) is 6.40. The molecule has 3 aromatic rings. The fraction of sp³-hybridized carbons (Fsp3) is 0.217. The van der Waals surface area contributed by atoms with Gasteiger partial charge in [-0.1, -0.05) is 12.7 Å². The molecule has 0 radical (unpaired) electrons.